The average Bonchev–Trinajstić information content (AvgIpc) is 3.26. The number of ether oxygens (including phenoxy) is 1. The van der Waals surface area contributed by atoms with Crippen molar-refractivity contribution in [2.45, 2.75) is 50.2 Å². The molecule has 5 atom stereocenters. The second-order valence-corrected chi connectivity index (χ2v) is 7.82. The molecule has 162 valence electrons. The summed E-state index contributed by atoms with van der Waals surface area (Å²) < 4.78 is 29.4. The van der Waals surface area contributed by atoms with Gasteiger partial charge in [0.25, 0.3) is 0 Å². The summed E-state index contributed by atoms with van der Waals surface area (Å²) in [5, 5.41) is 20.6. The largest absolute Gasteiger partial charge is 0.387 e. The minimum atomic E-state index is -2.72. The number of hydrogen-bond acceptors (Lipinski definition) is 11. The van der Waals surface area contributed by atoms with Gasteiger partial charge in [0.05, 0.1) is 19.5 Å². The molecule has 29 heavy (non-hydrogen) atoms. The minimum absolute atomic E-state index is 0.191. The van der Waals surface area contributed by atoms with Crippen LogP contribution >= 0.6 is 8.25 Å². The van der Waals surface area contributed by atoms with Gasteiger partial charge in [-0.05, 0) is 19.4 Å². The monoisotopic (exact) mass is 430 g/mol. The summed E-state index contributed by atoms with van der Waals surface area (Å²) in [5.74, 6) is 0.195. The van der Waals surface area contributed by atoms with Crippen molar-refractivity contribution in [1.29, 1.82) is 0 Å². The van der Waals surface area contributed by atoms with E-state index >= 15 is 0 Å². The van der Waals surface area contributed by atoms with Crippen molar-refractivity contribution in [1.82, 2.24) is 19.5 Å². The van der Waals surface area contributed by atoms with Crippen LogP contribution in [-0.2, 0) is 18.3 Å². The van der Waals surface area contributed by atoms with Crippen molar-refractivity contribution in [2.75, 3.05) is 25.5 Å². The third-order valence-corrected chi connectivity index (χ3v) is 5.52. The molecule has 1 aliphatic heterocycles. The van der Waals surface area contributed by atoms with Crippen LogP contribution in [0.2, 0.25) is 0 Å². The Labute approximate surface area is 168 Å². The van der Waals surface area contributed by atoms with Gasteiger partial charge in [-0.1, -0.05) is 12.8 Å². The standard InChI is InChI=1S/C16H27N6O6P/c17-5-3-1-2-4-6-26-29(25)27-7-10-12(23)13(24)16(28-10)22-9-21-11-14(18)19-8-20-15(11)22/h8-10,12-13,16,23-24,29H,1-7,17H2,(H2,18,19,20)/t10-,12-,13-,16-/m1/s1. The summed E-state index contributed by atoms with van der Waals surface area (Å²) in [6.07, 6.45) is 1.98. The highest BCUT2D eigenvalue weighted by atomic mass is 31.1. The Hall–Kier alpha value is -1.66. The maximum atomic E-state index is 11.9. The average molecular weight is 430 g/mol. The van der Waals surface area contributed by atoms with Crippen LogP contribution in [0.25, 0.3) is 11.2 Å². The fourth-order valence-corrected chi connectivity index (χ4v) is 3.79. The van der Waals surface area contributed by atoms with E-state index in [4.69, 9.17) is 25.3 Å². The molecule has 3 rings (SSSR count). The number of hydrogen-bond donors (Lipinski definition) is 4. The van der Waals surface area contributed by atoms with Gasteiger partial charge in [0.15, 0.2) is 17.7 Å². The summed E-state index contributed by atoms with van der Waals surface area (Å²) in [6.45, 7) is 0.791. The predicted molar refractivity (Wildman–Crippen MR) is 104 cm³/mol. The summed E-state index contributed by atoms with van der Waals surface area (Å²) in [4.78, 5) is 12.1. The Morgan fingerprint density at radius 2 is 1.93 bits per heavy atom. The molecule has 2 aromatic rings. The molecule has 2 aromatic heterocycles. The van der Waals surface area contributed by atoms with Gasteiger partial charge in [0.1, 0.15) is 30.2 Å². The van der Waals surface area contributed by atoms with E-state index in [9.17, 15) is 14.8 Å². The van der Waals surface area contributed by atoms with Gasteiger partial charge in [0, 0.05) is 0 Å². The van der Waals surface area contributed by atoms with Crippen molar-refractivity contribution in [2.24, 2.45) is 5.73 Å². The summed E-state index contributed by atoms with van der Waals surface area (Å²) >= 11 is 0. The number of anilines is 1. The first-order valence-corrected chi connectivity index (χ1v) is 10.7. The molecule has 0 aliphatic carbocycles. The molecule has 6 N–H and O–H groups in total. The second kappa shape index (κ2) is 10.4. The van der Waals surface area contributed by atoms with Gasteiger partial charge in [-0.25, -0.2) is 15.0 Å². The maximum Gasteiger partial charge on any atom is 0.319 e. The first-order valence-electron chi connectivity index (χ1n) is 9.47. The third-order valence-electron chi connectivity index (χ3n) is 4.68. The van der Waals surface area contributed by atoms with Gasteiger partial charge >= 0.3 is 8.25 Å². The van der Waals surface area contributed by atoms with E-state index in [1.807, 2.05) is 0 Å². The summed E-state index contributed by atoms with van der Waals surface area (Å²) in [6, 6.07) is 0. The fourth-order valence-electron chi connectivity index (χ4n) is 3.10. The zero-order valence-corrected chi connectivity index (χ0v) is 16.9. The molecule has 12 nitrogen and oxygen atoms in total. The van der Waals surface area contributed by atoms with Gasteiger partial charge in [-0.2, -0.15) is 0 Å². The lowest BCUT2D eigenvalue weighted by Gasteiger charge is -2.16. The fraction of sp³-hybridized carbons (Fsp3) is 0.688. The number of unbranched alkanes of at least 4 members (excludes halogenated alkanes) is 3. The Balaban J connectivity index is 1.50. The molecule has 1 unspecified atom stereocenters. The van der Waals surface area contributed by atoms with Crippen molar-refractivity contribution >= 4 is 25.2 Å². The zero-order chi connectivity index (χ0) is 20.8. The van der Waals surface area contributed by atoms with Crippen LogP contribution in [-0.4, -0.2) is 67.8 Å². The lowest BCUT2D eigenvalue weighted by atomic mass is 10.1. The molecule has 0 radical (unpaired) electrons. The van der Waals surface area contributed by atoms with Gasteiger partial charge in [-0.15, -0.1) is 0 Å². The normalized spacial score (nSPS) is 25.6. The number of imidazole rings is 1. The van der Waals surface area contributed by atoms with Crippen molar-refractivity contribution in [3.63, 3.8) is 0 Å². The Kier molecular flexibility index (Phi) is 7.90. The number of nitrogen functional groups attached to an aromatic ring is 1. The van der Waals surface area contributed by atoms with E-state index in [-0.39, 0.29) is 12.4 Å². The van der Waals surface area contributed by atoms with E-state index < -0.39 is 32.8 Å². The summed E-state index contributed by atoms with van der Waals surface area (Å²) in [5.41, 5.74) is 11.9. The van der Waals surface area contributed by atoms with E-state index in [0.29, 0.717) is 24.3 Å². The highest BCUT2D eigenvalue weighted by molar-refractivity contribution is 7.33. The lowest BCUT2D eigenvalue weighted by Crippen LogP contribution is -2.33. The minimum Gasteiger partial charge on any atom is -0.387 e. The van der Waals surface area contributed by atoms with E-state index in [0.717, 1.165) is 25.7 Å². The molecule has 1 aliphatic rings. The maximum absolute atomic E-state index is 11.9. The number of aliphatic hydroxyl groups is 2. The molecule has 3 heterocycles. The molecule has 0 bridgehead atoms. The number of nitrogens with two attached hydrogens (primary N) is 2. The van der Waals surface area contributed by atoms with Crippen molar-refractivity contribution in [3.8, 4) is 0 Å². The SMILES string of the molecule is NCCCCCCO[PH](=O)OC[C@H]1O[C@@H](n2cnc3c(N)ncnc32)[C@H](O)[C@@H]1O. The smallest absolute Gasteiger partial charge is 0.319 e. The quantitative estimate of drug-likeness (QED) is 0.277. The number of fused-ring (bicyclic) bond motifs is 1. The van der Waals surface area contributed by atoms with Gasteiger partial charge in [-0.3, -0.25) is 9.13 Å². The molecule has 1 saturated heterocycles. The van der Waals surface area contributed by atoms with Crippen LogP contribution in [0.3, 0.4) is 0 Å². The Morgan fingerprint density at radius 3 is 2.72 bits per heavy atom. The number of aliphatic hydroxyl groups excluding tert-OH is 2. The van der Waals surface area contributed by atoms with E-state index in [1.165, 1.54) is 17.2 Å². The molecule has 1 fully saturated rings. The lowest BCUT2D eigenvalue weighted by molar-refractivity contribution is -0.0481. The predicted octanol–water partition coefficient (Wildman–Crippen LogP) is -0.0303. The number of nitrogens with zero attached hydrogens (tertiary/aromatic N) is 4. The van der Waals surface area contributed by atoms with Crippen LogP contribution in [0.5, 0.6) is 0 Å². The molecule has 0 saturated carbocycles. The van der Waals surface area contributed by atoms with E-state index in [2.05, 4.69) is 15.0 Å². The Bertz CT molecular complexity index is 822. The van der Waals surface area contributed by atoms with Crippen molar-refractivity contribution in [3.05, 3.63) is 12.7 Å². The number of rotatable bonds is 11. The number of aromatic nitrogens is 4. The van der Waals surface area contributed by atoms with E-state index in [1.54, 1.807) is 0 Å². The molecule has 0 spiro atoms. The Morgan fingerprint density at radius 1 is 1.14 bits per heavy atom. The highest BCUT2D eigenvalue weighted by Crippen LogP contribution is 2.34. The van der Waals surface area contributed by atoms with Crippen LogP contribution < -0.4 is 11.5 Å². The van der Waals surface area contributed by atoms with Gasteiger partial charge in [0.2, 0.25) is 0 Å². The van der Waals surface area contributed by atoms with Crippen molar-refractivity contribution < 1.29 is 28.6 Å². The molecule has 13 heteroatoms. The van der Waals surface area contributed by atoms with Crippen LogP contribution in [0.15, 0.2) is 12.7 Å². The molecule has 0 aromatic carbocycles. The molecule has 0 amide bonds. The third kappa shape index (κ3) is 5.28. The van der Waals surface area contributed by atoms with Crippen LogP contribution in [0.4, 0.5) is 5.82 Å². The molecular formula is C16H27N6O6P. The zero-order valence-electron chi connectivity index (χ0n) is 15.9. The van der Waals surface area contributed by atoms with Crippen LogP contribution in [0.1, 0.15) is 31.9 Å². The highest BCUT2D eigenvalue weighted by Gasteiger charge is 2.44. The second-order valence-electron chi connectivity index (χ2n) is 6.74. The van der Waals surface area contributed by atoms with Gasteiger partial charge < -0.3 is 35.5 Å². The molecular weight excluding hydrogens is 403 g/mol. The topological polar surface area (TPSA) is 181 Å². The first kappa shape index (κ1) is 22.0. The van der Waals surface area contributed by atoms with Crippen LogP contribution in [0, 0.1) is 0 Å². The summed E-state index contributed by atoms with van der Waals surface area (Å²) in [7, 11) is -2.72. The first-order chi connectivity index (χ1) is 14.0.